The molecule has 0 rings (SSSR count). The highest BCUT2D eigenvalue weighted by atomic mass is 16.5. The highest BCUT2D eigenvalue weighted by Crippen LogP contribution is 2.12. The van der Waals surface area contributed by atoms with Crippen LogP contribution in [0, 0.1) is 5.92 Å². The molecule has 0 unspecified atom stereocenters. The molecule has 0 aliphatic heterocycles. The van der Waals surface area contributed by atoms with Gasteiger partial charge in [-0.15, -0.1) is 5.76 Å². The van der Waals surface area contributed by atoms with Crippen molar-refractivity contribution in [1.82, 2.24) is 0 Å². The summed E-state index contributed by atoms with van der Waals surface area (Å²) in [5, 5.41) is 11.4. The monoisotopic (exact) mass is 199 g/mol. The second-order valence-corrected chi connectivity index (χ2v) is 3.44. The maximum absolute atomic E-state index is 11.4. The molecule has 0 spiro atoms. The summed E-state index contributed by atoms with van der Waals surface area (Å²) in [6.45, 7) is 4.87. The van der Waals surface area contributed by atoms with Gasteiger partial charge >= 0.3 is 5.97 Å². The van der Waals surface area contributed by atoms with E-state index in [0.717, 1.165) is 7.11 Å². The topological polar surface area (TPSA) is 66.4 Å². The number of Topliss-reactive ketones (excluding diaryl/α,β-unsaturated/α-hetero) is 1. The smallest absolute Gasteiger partial charge is 0.340 e. The average Bonchev–Trinajstić information content (AvgIpc) is 2.01. The molecule has 14 heavy (non-hydrogen) atoms. The van der Waals surface area contributed by atoms with Gasteiger partial charge < -0.3 is 9.84 Å². The molecule has 4 nitrogen and oxygen atoms in total. The third kappa shape index (κ3) is 3.60. The van der Waals surface area contributed by atoms with Crippen molar-refractivity contribution >= 4 is 11.8 Å². The molecule has 0 bridgehead atoms. The van der Waals surface area contributed by atoms with E-state index in [1.54, 1.807) is 0 Å². The molecule has 0 heterocycles. The van der Waals surface area contributed by atoms with E-state index in [2.05, 4.69) is 4.74 Å². The number of carbonyl (C=O) groups is 2. The van der Waals surface area contributed by atoms with E-state index in [1.807, 2.05) is 13.8 Å². The van der Waals surface area contributed by atoms with E-state index in [1.165, 1.54) is 6.92 Å². The Labute approximate surface area is 83.6 Å². The van der Waals surface area contributed by atoms with Gasteiger partial charge in [0.1, 0.15) is 0 Å². The fraction of sp³-hybridized carbons (Fsp3) is 0.600. The summed E-state index contributed by atoms with van der Waals surface area (Å²) in [4.78, 5) is 22.1. The number of esters is 1. The van der Waals surface area contributed by atoms with Gasteiger partial charge in [-0.05, 0) is 19.3 Å². The summed E-state index contributed by atoms with van der Waals surface area (Å²) in [6, 6.07) is 0. The number of hydrogen-bond acceptors (Lipinski definition) is 4. The number of ketones is 1. The Morgan fingerprint density at radius 2 is 1.86 bits per heavy atom. The molecule has 0 saturated carbocycles. The van der Waals surface area contributed by atoms with Gasteiger partial charge in [0, 0.05) is 0 Å². The minimum absolute atomic E-state index is 0.113. The van der Waals surface area contributed by atoms with Gasteiger partial charge in [0.2, 0.25) is 0 Å². The van der Waals surface area contributed by atoms with Crippen molar-refractivity contribution < 1.29 is 19.4 Å². The standard InChI is InChI=1S/C10H16O4/c1-6(2)5-8(12)9(7(3)11)10(13)14-4/h6,12H,5H2,1-4H3/p-1. The van der Waals surface area contributed by atoms with Crippen molar-refractivity contribution in [3.63, 3.8) is 0 Å². The first kappa shape index (κ1) is 12.7. The lowest BCUT2D eigenvalue weighted by Gasteiger charge is -2.17. The summed E-state index contributed by atoms with van der Waals surface area (Å²) in [6.07, 6.45) is 0.185. The third-order valence-corrected chi connectivity index (χ3v) is 1.61. The maximum atomic E-state index is 11.4. The molecule has 0 aliphatic carbocycles. The number of allylic oxidation sites excluding steroid dienone is 1. The first-order chi connectivity index (χ1) is 6.40. The van der Waals surface area contributed by atoms with Crippen LogP contribution in [0.4, 0.5) is 0 Å². The van der Waals surface area contributed by atoms with Crippen LogP contribution >= 0.6 is 0 Å². The number of rotatable bonds is 4. The summed E-state index contributed by atoms with van der Waals surface area (Å²) in [5.74, 6) is -1.72. The lowest BCUT2D eigenvalue weighted by atomic mass is 10.0. The van der Waals surface area contributed by atoms with Crippen LogP contribution in [0.3, 0.4) is 0 Å². The van der Waals surface area contributed by atoms with Crippen LogP contribution in [0.1, 0.15) is 27.2 Å². The minimum atomic E-state index is -0.844. The van der Waals surface area contributed by atoms with Crippen molar-refractivity contribution in [3.8, 4) is 0 Å². The summed E-state index contributed by atoms with van der Waals surface area (Å²) >= 11 is 0. The van der Waals surface area contributed by atoms with Gasteiger partial charge in [0.25, 0.3) is 0 Å². The Kier molecular flexibility index (Phi) is 4.91. The van der Waals surface area contributed by atoms with E-state index in [9.17, 15) is 14.7 Å². The molecule has 4 heteroatoms. The second kappa shape index (κ2) is 5.42. The second-order valence-electron chi connectivity index (χ2n) is 3.44. The number of methoxy groups -OCH3 is 1. The zero-order valence-electron chi connectivity index (χ0n) is 8.92. The molecule has 0 atom stereocenters. The molecule has 0 radical (unpaired) electrons. The molecular weight excluding hydrogens is 184 g/mol. The molecule has 0 amide bonds. The molecule has 0 aromatic rings. The van der Waals surface area contributed by atoms with E-state index in [0.29, 0.717) is 0 Å². The van der Waals surface area contributed by atoms with Crippen LogP contribution < -0.4 is 5.11 Å². The van der Waals surface area contributed by atoms with Crippen molar-refractivity contribution in [2.75, 3.05) is 7.11 Å². The number of hydrogen-bond donors (Lipinski definition) is 0. The van der Waals surface area contributed by atoms with Crippen LogP contribution in [0.25, 0.3) is 0 Å². The van der Waals surface area contributed by atoms with Crippen molar-refractivity contribution in [3.05, 3.63) is 11.3 Å². The third-order valence-electron chi connectivity index (χ3n) is 1.61. The fourth-order valence-corrected chi connectivity index (χ4v) is 1.03. The van der Waals surface area contributed by atoms with Crippen molar-refractivity contribution in [1.29, 1.82) is 0 Å². The lowest BCUT2D eigenvalue weighted by molar-refractivity contribution is -0.309. The van der Waals surface area contributed by atoms with E-state index >= 15 is 0 Å². The van der Waals surface area contributed by atoms with Crippen LogP contribution in [0.2, 0.25) is 0 Å². The molecule has 0 saturated heterocycles. The van der Waals surface area contributed by atoms with Crippen LogP contribution in [-0.4, -0.2) is 18.9 Å². The largest absolute Gasteiger partial charge is 0.875 e. The molecule has 0 aromatic heterocycles. The molecule has 0 N–H and O–H groups in total. The molecule has 0 fully saturated rings. The van der Waals surface area contributed by atoms with E-state index < -0.39 is 17.5 Å². The quantitative estimate of drug-likeness (QED) is 0.216. The lowest BCUT2D eigenvalue weighted by Crippen LogP contribution is -2.21. The SMILES string of the molecule is COC(=O)C(C(C)=O)=C([O-])CC(C)C. The van der Waals surface area contributed by atoms with Gasteiger partial charge in [-0.25, -0.2) is 4.79 Å². The first-order valence-electron chi connectivity index (χ1n) is 4.39. The van der Waals surface area contributed by atoms with Crippen molar-refractivity contribution in [2.45, 2.75) is 27.2 Å². The fourth-order valence-electron chi connectivity index (χ4n) is 1.03. The Morgan fingerprint density at radius 1 is 1.36 bits per heavy atom. The van der Waals surface area contributed by atoms with Crippen LogP contribution in [-0.2, 0) is 14.3 Å². The Bertz CT molecular complexity index is 263. The maximum Gasteiger partial charge on any atom is 0.340 e. The predicted octanol–water partition coefficient (Wildman–Crippen LogP) is 0.409. The van der Waals surface area contributed by atoms with Gasteiger partial charge in [0.05, 0.1) is 12.7 Å². The number of ether oxygens (including phenoxy) is 1. The normalized spacial score (nSPS) is 12.4. The highest BCUT2D eigenvalue weighted by molar-refractivity contribution is 6.16. The van der Waals surface area contributed by atoms with Gasteiger partial charge in [-0.2, -0.15) is 0 Å². The van der Waals surface area contributed by atoms with E-state index in [4.69, 9.17) is 0 Å². The van der Waals surface area contributed by atoms with E-state index in [-0.39, 0.29) is 17.9 Å². The summed E-state index contributed by atoms with van der Waals surface area (Å²) < 4.78 is 4.36. The Balaban J connectivity index is 4.95. The highest BCUT2D eigenvalue weighted by Gasteiger charge is 2.15. The minimum Gasteiger partial charge on any atom is -0.875 e. The first-order valence-corrected chi connectivity index (χ1v) is 4.39. The zero-order valence-corrected chi connectivity index (χ0v) is 8.92. The predicted molar refractivity (Wildman–Crippen MR) is 49.2 cm³/mol. The Hall–Kier alpha value is -1.32. The van der Waals surface area contributed by atoms with Gasteiger partial charge in [-0.3, -0.25) is 4.79 Å². The van der Waals surface area contributed by atoms with Gasteiger partial charge in [-0.1, -0.05) is 13.8 Å². The summed E-state index contributed by atoms with van der Waals surface area (Å²) in [5.41, 5.74) is -0.360. The molecule has 0 aliphatic rings. The summed E-state index contributed by atoms with van der Waals surface area (Å²) in [7, 11) is 1.15. The number of carbonyl (C=O) groups excluding carboxylic acids is 2. The van der Waals surface area contributed by atoms with Gasteiger partial charge in [0.15, 0.2) is 5.78 Å². The molecule has 0 aromatic carbocycles. The Morgan fingerprint density at radius 3 is 2.14 bits per heavy atom. The zero-order chi connectivity index (χ0) is 11.3. The van der Waals surface area contributed by atoms with Crippen molar-refractivity contribution in [2.24, 2.45) is 5.92 Å². The van der Waals surface area contributed by atoms with Crippen LogP contribution in [0.15, 0.2) is 11.3 Å². The average molecular weight is 199 g/mol. The van der Waals surface area contributed by atoms with Crippen LogP contribution in [0.5, 0.6) is 0 Å². The molecular formula is C10H15O4-. The molecule has 80 valence electrons.